The Kier molecular flexibility index (Phi) is 4.99. The summed E-state index contributed by atoms with van der Waals surface area (Å²) in [7, 11) is 0. The molecular formula is C18H15N3O7S. The number of carbonyl (C=O) groups excluding carboxylic acids is 1. The van der Waals surface area contributed by atoms with E-state index in [1.54, 1.807) is 13.0 Å². The summed E-state index contributed by atoms with van der Waals surface area (Å²) in [5.41, 5.74) is 9.19. The number of rotatable bonds is 5. The predicted octanol–water partition coefficient (Wildman–Crippen LogP) is 1.99. The van der Waals surface area contributed by atoms with E-state index >= 15 is 0 Å². The lowest BCUT2D eigenvalue weighted by molar-refractivity contribution is 0.0532. The maximum Gasteiger partial charge on any atom is 0.350 e. The zero-order valence-corrected chi connectivity index (χ0v) is 15.8. The van der Waals surface area contributed by atoms with Crippen LogP contribution in [0.25, 0.3) is 21.2 Å². The highest BCUT2D eigenvalue weighted by molar-refractivity contribution is 7.21. The number of carboxylic acid groups (broad SMARTS) is 2. The quantitative estimate of drug-likeness (QED) is 0.387. The summed E-state index contributed by atoms with van der Waals surface area (Å²) in [5, 5.41) is 19.4. The second-order valence-electron chi connectivity index (χ2n) is 5.88. The maximum atomic E-state index is 12.2. The molecule has 0 amide bonds. The van der Waals surface area contributed by atoms with Gasteiger partial charge in [0.05, 0.1) is 12.3 Å². The number of fused-ring (bicyclic) bond motifs is 1. The molecule has 11 heteroatoms. The van der Waals surface area contributed by atoms with E-state index in [1.165, 1.54) is 12.1 Å². The summed E-state index contributed by atoms with van der Waals surface area (Å²) in [6.45, 7) is 1.81. The molecule has 0 aliphatic heterocycles. The van der Waals surface area contributed by atoms with Crippen molar-refractivity contribution in [2.45, 2.75) is 6.92 Å². The Morgan fingerprint density at radius 2 is 1.79 bits per heavy atom. The van der Waals surface area contributed by atoms with E-state index in [9.17, 15) is 29.4 Å². The average molecular weight is 417 g/mol. The first kappa shape index (κ1) is 19.9. The Bertz CT molecular complexity index is 1240. The van der Waals surface area contributed by atoms with Crippen molar-refractivity contribution < 1.29 is 29.3 Å². The van der Waals surface area contributed by atoms with Crippen LogP contribution in [0.1, 0.15) is 37.3 Å². The van der Waals surface area contributed by atoms with Gasteiger partial charge in [0.25, 0.3) is 5.56 Å². The molecule has 3 aromatic rings. The molecule has 1 aromatic carbocycles. The minimum Gasteiger partial charge on any atom is -0.478 e. The van der Waals surface area contributed by atoms with Gasteiger partial charge in [0.1, 0.15) is 21.8 Å². The van der Waals surface area contributed by atoms with Crippen molar-refractivity contribution in [2.75, 3.05) is 18.1 Å². The molecule has 0 aliphatic carbocycles. The van der Waals surface area contributed by atoms with Gasteiger partial charge in [-0.1, -0.05) is 6.07 Å². The molecule has 7 N–H and O–H groups in total. The number of ether oxygens (including phenoxy) is 1. The third-order valence-corrected chi connectivity index (χ3v) is 5.31. The van der Waals surface area contributed by atoms with Gasteiger partial charge in [-0.2, -0.15) is 0 Å². The van der Waals surface area contributed by atoms with E-state index in [0.717, 1.165) is 11.3 Å². The molecule has 10 nitrogen and oxygen atoms in total. The molecule has 0 atom stereocenters. The third kappa shape index (κ3) is 3.27. The summed E-state index contributed by atoms with van der Waals surface area (Å²) in [6.07, 6.45) is 0. The number of anilines is 2. The van der Waals surface area contributed by atoms with Gasteiger partial charge in [-0.05, 0) is 24.6 Å². The Morgan fingerprint density at radius 3 is 2.38 bits per heavy atom. The zero-order chi connectivity index (χ0) is 21.5. The molecule has 150 valence electrons. The van der Waals surface area contributed by atoms with Crippen LogP contribution < -0.4 is 17.0 Å². The number of pyridine rings is 1. The van der Waals surface area contributed by atoms with Gasteiger partial charge in [0.15, 0.2) is 0 Å². The Balaban J connectivity index is 2.35. The van der Waals surface area contributed by atoms with Crippen LogP contribution in [0.4, 0.5) is 11.5 Å². The second kappa shape index (κ2) is 7.28. The van der Waals surface area contributed by atoms with E-state index in [0.29, 0.717) is 10.1 Å². The van der Waals surface area contributed by atoms with Crippen LogP contribution in [0, 0.1) is 0 Å². The number of nitrogen functional groups attached to an aromatic ring is 2. The molecule has 0 spiro atoms. The number of nitrogens with one attached hydrogen (secondary N) is 1. The standard InChI is InChI=1S/C18H15N3O7S/c1-2-28-18(27)13-12(19)7-5-6(3-4-8(7)29-13)9-10(16(23)24)14(20)21-15(22)11(9)17(25)26/h3-5H,2,19H2,1H3,(H,23,24)(H,25,26)(H3,20,21,22). The van der Waals surface area contributed by atoms with E-state index in [1.807, 2.05) is 4.98 Å². The summed E-state index contributed by atoms with van der Waals surface area (Å²) >= 11 is 1.08. The lowest BCUT2D eigenvalue weighted by atomic mass is 9.94. The fourth-order valence-corrected chi connectivity index (χ4v) is 3.95. The van der Waals surface area contributed by atoms with Gasteiger partial charge in [-0.25, -0.2) is 14.4 Å². The Labute approximate surface area is 166 Å². The van der Waals surface area contributed by atoms with Crippen LogP contribution in [0.15, 0.2) is 23.0 Å². The summed E-state index contributed by atoms with van der Waals surface area (Å²) in [4.78, 5) is 49.8. The number of esters is 1. The highest BCUT2D eigenvalue weighted by Gasteiger charge is 2.27. The van der Waals surface area contributed by atoms with Crippen LogP contribution in [0.3, 0.4) is 0 Å². The second-order valence-corrected chi connectivity index (χ2v) is 6.93. The molecule has 2 aromatic heterocycles. The van der Waals surface area contributed by atoms with Gasteiger partial charge in [0.2, 0.25) is 0 Å². The number of hydrogen-bond donors (Lipinski definition) is 5. The molecule has 0 bridgehead atoms. The molecule has 0 unspecified atom stereocenters. The average Bonchev–Trinajstić information content (AvgIpc) is 2.96. The number of nitrogens with two attached hydrogens (primary N) is 2. The van der Waals surface area contributed by atoms with E-state index in [2.05, 4.69) is 0 Å². The molecule has 0 saturated heterocycles. The minimum atomic E-state index is -1.62. The highest BCUT2D eigenvalue weighted by Crippen LogP contribution is 2.38. The van der Waals surface area contributed by atoms with Gasteiger partial charge >= 0.3 is 17.9 Å². The number of carbonyl (C=O) groups is 3. The summed E-state index contributed by atoms with van der Waals surface area (Å²) in [6, 6.07) is 4.39. The van der Waals surface area contributed by atoms with Gasteiger partial charge in [-0.3, -0.25) is 4.79 Å². The lowest BCUT2D eigenvalue weighted by Crippen LogP contribution is -2.24. The number of aromatic nitrogens is 1. The molecule has 0 radical (unpaired) electrons. The molecule has 0 aliphatic rings. The topological polar surface area (TPSA) is 186 Å². The molecule has 0 fully saturated rings. The molecule has 3 rings (SSSR count). The number of aromatic carboxylic acids is 2. The van der Waals surface area contributed by atoms with Crippen LogP contribution in [0.2, 0.25) is 0 Å². The highest BCUT2D eigenvalue weighted by atomic mass is 32.1. The van der Waals surface area contributed by atoms with Crippen molar-refractivity contribution in [3.05, 3.63) is 44.6 Å². The minimum absolute atomic E-state index is 0.102. The number of aromatic amines is 1. The number of thiophene rings is 1. The summed E-state index contributed by atoms with van der Waals surface area (Å²) < 4.78 is 5.56. The Morgan fingerprint density at radius 1 is 1.14 bits per heavy atom. The van der Waals surface area contributed by atoms with Crippen LogP contribution in [-0.4, -0.2) is 39.7 Å². The number of benzene rings is 1. The van der Waals surface area contributed by atoms with Crippen LogP contribution >= 0.6 is 11.3 Å². The van der Waals surface area contributed by atoms with Gasteiger partial charge in [0, 0.05) is 15.6 Å². The SMILES string of the molecule is CCOC(=O)c1sc2ccc(-c3c(C(=O)O)c(N)[nH]c(=O)c3C(=O)O)cc2c1N. The molecule has 0 saturated carbocycles. The normalized spacial score (nSPS) is 10.8. The predicted molar refractivity (Wildman–Crippen MR) is 107 cm³/mol. The molecule has 2 heterocycles. The first-order chi connectivity index (χ1) is 13.7. The van der Waals surface area contributed by atoms with Crippen molar-refractivity contribution in [3.8, 4) is 11.1 Å². The monoisotopic (exact) mass is 417 g/mol. The molecular weight excluding hydrogens is 402 g/mol. The molecule has 29 heavy (non-hydrogen) atoms. The largest absolute Gasteiger partial charge is 0.478 e. The van der Waals surface area contributed by atoms with Crippen molar-refractivity contribution in [1.29, 1.82) is 0 Å². The fraction of sp³-hybridized carbons (Fsp3) is 0.111. The van der Waals surface area contributed by atoms with Crippen LogP contribution in [-0.2, 0) is 4.74 Å². The Hall–Kier alpha value is -3.86. The first-order valence-electron chi connectivity index (χ1n) is 8.19. The zero-order valence-electron chi connectivity index (χ0n) is 14.9. The van der Waals surface area contributed by atoms with Crippen molar-refractivity contribution in [1.82, 2.24) is 4.98 Å². The fourth-order valence-electron chi connectivity index (χ4n) is 2.96. The lowest BCUT2D eigenvalue weighted by Gasteiger charge is -2.12. The number of H-pyrrole nitrogens is 1. The maximum absolute atomic E-state index is 12.2. The first-order valence-corrected chi connectivity index (χ1v) is 9.00. The smallest absolute Gasteiger partial charge is 0.350 e. The van der Waals surface area contributed by atoms with Crippen LogP contribution in [0.5, 0.6) is 0 Å². The van der Waals surface area contributed by atoms with E-state index < -0.39 is 40.4 Å². The number of hydrogen-bond acceptors (Lipinski definition) is 8. The van der Waals surface area contributed by atoms with Crippen molar-refractivity contribution >= 4 is 50.8 Å². The van der Waals surface area contributed by atoms with E-state index in [4.69, 9.17) is 16.2 Å². The third-order valence-electron chi connectivity index (χ3n) is 4.15. The number of carboxylic acids is 2. The van der Waals surface area contributed by atoms with E-state index in [-0.39, 0.29) is 28.3 Å². The van der Waals surface area contributed by atoms with Crippen molar-refractivity contribution in [2.24, 2.45) is 0 Å². The van der Waals surface area contributed by atoms with Gasteiger partial charge in [-0.15, -0.1) is 11.3 Å². The van der Waals surface area contributed by atoms with Gasteiger partial charge < -0.3 is 31.4 Å². The van der Waals surface area contributed by atoms with Crippen molar-refractivity contribution in [3.63, 3.8) is 0 Å². The summed E-state index contributed by atoms with van der Waals surface area (Å²) in [5.74, 6) is -4.21.